The maximum absolute atomic E-state index is 12.6. The first kappa shape index (κ1) is 20.3. The van der Waals surface area contributed by atoms with Crippen molar-refractivity contribution in [3.8, 4) is 22.9 Å². The molecule has 1 atom stereocenters. The fourth-order valence-corrected chi connectivity index (χ4v) is 4.09. The minimum atomic E-state index is -1.12. The monoisotopic (exact) mass is 422 g/mol. The fourth-order valence-electron chi connectivity index (χ4n) is 4.09. The number of aromatic carboxylic acids is 1. The molecule has 0 bridgehead atoms. The molecule has 31 heavy (non-hydrogen) atoms. The van der Waals surface area contributed by atoms with Crippen molar-refractivity contribution in [1.82, 2.24) is 4.57 Å². The van der Waals surface area contributed by atoms with Gasteiger partial charge in [0.2, 0.25) is 11.7 Å². The number of fused-ring (bicyclic) bond motifs is 1. The van der Waals surface area contributed by atoms with E-state index in [1.54, 1.807) is 10.6 Å². The Balaban J connectivity index is 2.00. The van der Waals surface area contributed by atoms with Gasteiger partial charge in [-0.1, -0.05) is 24.3 Å². The van der Waals surface area contributed by atoms with Gasteiger partial charge in [0.1, 0.15) is 5.56 Å². The molecule has 1 unspecified atom stereocenters. The average Bonchev–Trinajstić information content (AvgIpc) is 3.17. The number of amides is 1. The molecule has 4 rings (SSSR count). The molecule has 1 aliphatic rings. The van der Waals surface area contributed by atoms with E-state index in [1.807, 2.05) is 36.4 Å². The topological polar surface area (TPSA) is 99.0 Å². The summed E-state index contributed by atoms with van der Waals surface area (Å²) in [5.74, 6) is -0.523. The van der Waals surface area contributed by atoms with Crippen molar-refractivity contribution in [2.24, 2.45) is 0 Å². The largest absolute Gasteiger partial charge is 0.493 e. The summed E-state index contributed by atoms with van der Waals surface area (Å²) >= 11 is 0. The lowest BCUT2D eigenvalue weighted by molar-refractivity contribution is -0.116. The number of aromatic nitrogens is 1. The zero-order valence-corrected chi connectivity index (χ0v) is 17.3. The number of ether oxygens (including phenoxy) is 3. The van der Waals surface area contributed by atoms with Gasteiger partial charge in [-0.15, -0.1) is 0 Å². The number of hydrogen-bond donors (Lipinski definition) is 2. The van der Waals surface area contributed by atoms with Crippen LogP contribution < -0.4 is 19.5 Å². The van der Waals surface area contributed by atoms with Gasteiger partial charge in [0.25, 0.3) is 0 Å². The number of carboxylic acids is 1. The van der Waals surface area contributed by atoms with E-state index in [0.717, 1.165) is 5.69 Å². The molecule has 2 aromatic carbocycles. The smallest absolute Gasteiger partial charge is 0.339 e. The van der Waals surface area contributed by atoms with Crippen LogP contribution in [0, 0.1) is 0 Å². The molecular formula is C23H22N2O6. The van der Waals surface area contributed by atoms with Crippen molar-refractivity contribution in [3.05, 3.63) is 65.5 Å². The number of nitrogens with one attached hydrogen (secondary N) is 1. The molecule has 1 aliphatic heterocycles. The van der Waals surface area contributed by atoms with E-state index in [4.69, 9.17) is 14.2 Å². The summed E-state index contributed by atoms with van der Waals surface area (Å²) in [6.07, 6.45) is 1.66. The molecule has 0 fully saturated rings. The maximum atomic E-state index is 12.6. The third-order valence-electron chi connectivity index (χ3n) is 5.40. The molecule has 8 nitrogen and oxygen atoms in total. The summed E-state index contributed by atoms with van der Waals surface area (Å²) in [7, 11) is 4.56. The van der Waals surface area contributed by atoms with Gasteiger partial charge in [-0.3, -0.25) is 4.79 Å². The minimum absolute atomic E-state index is 0.0244. The van der Waals surface area contributed by atoms with Gasteiger partial charge in [-0.2, -0.15) is 0 Å². The van der Waals surface area contributed by atoms with E-state index < -0.39 is 11.9 Å². The summed E-state index contributed by atoms with van der Waals surface area (Å²) in [6, 6.07) is 12.9. The average molecular weight is 422 g/mol. The third kappa shape index (κ3) is 3.35. The molecular weight excluding hydrogens is 400 g/mol. The van der Waals surface area contributed by atoms with Crippen LogP contribution in [0.15, 0.2) is 48.7 Å². The summed E-state index contributed by atoms with van der Waals surface area (Å²) in [6.45, 7) is 0. The number of benzene rings is 2. The van der Waals surface area contributed by atoms with Crippen LogP contribution in [0.3, 0.4) is 0 Å². The summed E-state index contributed by atoms with van der Waals surface area (Å²) < 4.78 is 18.3. The Kier molecular flexibility index (Phi) is 5.29. The van der Waals surface area contributed by atoms with Crippen LogP contribution in [-0.2, 0) is 4.79 Å². The number of anilines is 1. The van der Waals surface area contributed by atoms with E-state index >= 15 is 0 Å². The second-order valence-corrected chi connectivity index (χ2v) is 7.04. The van der Waals surface area contributed by atoms with Crippen molar-refractivity contribution < 1.29 is 28.9 Å². The summed E-state index contributed by atoms with van der Waals surface area (Å²) in [5, 5.41) is 12.5. The first-order chi connectivity index (χ1) is 15.0. The molecule has 3 aromatic rings. The van der Waals surface area contributed by atoms with Crippen LogP contribution in [-0.4, -0.2) is 42.9 Å². The van der Waals surface area contributed by atoms with E-state index in [2.05, 4.69) is 5.32 Å². The number of carboxylic acid groups (broad SMARTS) is 1. The predicted molar refractivity (Wildman–Crippen MR) is 114 cm³/mol. The molecule has 1 aromatic heterocycles. The Bertz CT molecular complexity index is 1150. The van der Waals surface area contributed by atoms with Gasteiger partial charge in [0.05, 0.1) is 32.7 Å². The maximum Gasteiger partial charge on any atom is 0.339 e. The van der Waals surface area contributed by atoms with Crippen molar-refractivity contribution in [2.75, 3.05) is 26.6 Å². The Labute approximate surface area is 179 Å². The van der Waals surface area contributed by atoms with E-state index in [-0.39, 0.29) is 23.6 Å². The standard InChI is InChI=1S/C23H22N2O6/c1-29-17-10-9-14(21(30-2)22(17)31-3)15-11-18(26)24-19-16(23(27)28)12-25(20(15)19)13-7-5-4-6-8-13/h4-10,12,15H,11H2,1-3H3,(H,24,26)(H,27,28). The number of rotatable bonds is 6. The van der Waals surface area contributed by atoms with Crippen molar-refractivity contribution >= 4 is 17.6 Å². The predicted octanol–water partition coefficient (Wildman–Crippen LogP) is 3.68. The SMILES string of the molecule is COc1ccc(C2CC(=O)Nc3c(C(=O)O)cn(-c4ccccc4)c32)c(OC)c1OC. The van der Waals surface area contributed by atoms with Gasteiger partial charge >= 0.3 is 5.97 Å². The molecule has 8 heteroatoms. The Morgan fingerprint density at radius 2 is 1.74 bits per heavy atom. The van der Waals surface area contributed by atoms with Gasteiger partial charge in [-0.25, -0.2) is 4.79 Å². The van der Waals surface area contributed by atoms with Crippen molar-refractivity contribution in [2.45, 2.75) is 12.3 Å². The minimum Gasteiger partial charge on any atom is -0.493 e. The van der Waals surface area contributed by atoms with Crippen molar-refractivity contribution in [3.63, 3.8) is 0 Å². The van der Waals surface area contributed by atoms with Crippen LogP contribution in [0.4, 0.5) is 5.69 Å². The lowest BCUT2D eigenvalue weighted by Gasteiger charge is -2.28. The highest BCUT2D eigenvalue weighted by Gasteiger charge is 2.36. The molecule has 0 saturated carbocycles. The lowest BCUT2D eigenvalue weighted by atomic mass is 9.87. The molecule has 160 valence electrons. The molecule has 0 radical (unpaired) electrons. The second-order valence-electron chi connectivity index (χ2n) is 7.04. The quantitative estimate of drug-likeness (QED) is 0.629. The normalized spacial score (nSPS) is 15.1. The number of carbonyl (C=O) groups is 2. The Morgan fingerprint density at radius 1 is 1.03 bits per heavy atom. The zero-order chi connectivity index (χ0) is 22.1. The molecule has 2 heterocycles. The van der Waals surface area contributed by atoms with Crippen LogP contribution in [0.5, 0.6) is 17.2 Å². The number of methoxy groups -OCH3 is 3. The first-order valence-electron chi connectivity index (χ1n) is 9.62. The highest BCUT2D eigenvalue weighted by atomic mass is 16.5. The Hall–Kier alpha value is -3.94. The van der Waals surface area contributed by atoms with E-state index in [1.165, 1.54) is 27.5 Å². The van der Waals surface area contributed by atoms with Crippen LogP contribution in [0.2, 0.25) is 0 Å². The van der Waals surface area contributed by atoms with Crippen LogP contribution >= 0.6 is 0 Å². The van der Waals surface area contributed by atoms with E-state index in [9.17, 15) is 14.7 Å². The molecule has 1 amide bonds. The van der Waals surface area contributed by atoms with Gasteiger partial charge in [0, 0.05) is 29.8 Å². The number of para-hydroxylation sites is 1. The molecule has 0 aliphatic carbocycles. The zero-order valence-electron chi connectivity index (χ0n) is 17.3. The third-order valence-corrected chi connectivity index (χ3v) is 5.40. The molecule has 2 N–H and O–H groups in total. The highest BCUT2D eigenvalue weighted by molar-refractivity contribution is 6.04. The summed E-state index contributed by atoms with van der Waals surface area (Å²) in [4.78, 5) is 24.5. The van der Waals surface area contributed by atoms with Crippen molar-refractivity contribution in [1.29, 1.82) is 0 Å². The Morgan fingerprint density at radius 3 is 2.35 bits per heavy atom. The van der Waals surface area contributed by atoms with Gasteiger partial charge in [0.15, 0.2) is 11.5 Å². The lowest BCUT2D eigenvalue weighted by Crippen LogP contribution is -2.26. The van der Waals surface area contributed by atoms with Crippen LogP contribution in [0.1, 0.15) is 34.0 Å². The second kappa shape index (κ2) is 8.06. The summed E-state index contributed by atoms with van der Waals surface area (Å²) in [5.41, 5.74) is 2.45. The first-order valence-corrected chi connectivity index (χ1v) is 9.62. The number of nitrogens with zero attached hydrogens (tertiary/aromatic N) is 1. The number of hydrogen-bond acceptors (Lipinski definition) is 5. The molecule has 0 saturated heterocycles. The van der Waals surface area contributed by atoms with Crippen LogP contribution in [0.25, 0.3) is 5.69 Å². The molecule has 0 spiro atoms. The fraction of sp³-hybridized carbons (Fsp3) is 0.217. The van der Waals surface area contributed by atoms with Gasteiger partial charge < -0.3 is 29.2 Å². The number of carbonyl (C=O) groups excluding carboxylic acids is 1. The van der Waals surface area contributed by atoms with E-state index in [0.29, 0.717) is 28.5 Å². The van der Waals surface area contributed by atoms with Gasteiger partial charge in [-0.05, 0) is 18.2 Å². The highest BCUT2D eigenvalue weighted by Crippen LogP contribution is 2.49.